The number of carbonyl (C=O) groups is 1. The van der Waals surface area contributed by atoms with E-state index < -0.39 is 0 Å². The Balaban J connectivity index is 2.05. The van der Waals surface area contributed by atoms with Gasteiger partial charge in [0.05, 0.1) is 0 Å². The highest BCUT2D eigenvalue weighted by Crippen LogP contribution is 2.29. The molecule has 1 aromatic rings. The average molecular weight is 233 g/mol. The summed E-state index contributed by atoms with van der Waals surface area (Å²) in [4.78, 5) is 13.9. The second-order valence-electron chi connectivity index (χ2n) is 4.94. The van der Waals surface area contributed by atoms with Crippen LogP contribution < -0.4 is 4.74 Å². The Hall–Kier alpha value is -1.35. The van der Waals surface area contributed by atoms with Gasteiger partial charge in [-0.25, -0.2) is 0 Å². The molecular weight excluding hydrogens is 214 g/mol. The Bertz CT molecular complexity index is 426. The lowest BCUT2D eigenvalue weighted by atomic mass is 10.1. The van der Waals surface area contributed by atoms with Gasteiger partial charge < -0.3 is 9.64 Å². The molecule has 2 rings (SSSR count). The van der Waals surface area contributed by atoms with Crippen molar-refractivity contribution >= 4 is 5.78 Å². The highest BCUT2D eigenvalue weighted by molar-refractivity contribution is 6.02. The SMILES string of the molecule is CC1Cc2ccc(OCCN(C)C)cc2C1=O. The lowest BCUT2D eigenvalue weighted by Crippen LogP contribution is -2.19. The van der Waals surface area contributed by atoms with E-state index in [1.54, 1.807) is 0 Å². The molecule has 0 N–H and O–H groups in total. The second kappa shape index (κ2) is 4.88. The van der Waals surface area contributed by atoms with Crippen LogP contribution in [-0.2, 0) is 6.42 Å². The molecule has 1 atom stereocenters. The number of hydrogen-bond donors (Lipinski definition) is 0. The van der Waals surface area contributed by atoms with Gasteiger partial charge in [-0.3, -0.25) is 4.79 Å². The average Bonchev–Trinajstić information content (AvgIpc) is 2.55. The van der Waals surface area contributed by atoms with Gasteiger partial charge in [-0.05, 0) is 38.2 Å². The van der Waals surface area contributed by atoms with Crippen LogP contribution in [-0.4, -0.2) is 37.9 Å². The number of nitrogens with zero attached hydrogens (tertiary/aromatic N) is 1. The third-order valence-electron chi connectivity index (χ3n) is 3.13. The van der Waals surface area contributed by atoms with E-state index in [1.807, 2.05) is 39.2 Å². The van der Waals surface area contributed by atoms with Gasteiger partial charge in [0, 0.05) is 18.0 Å². The van der Waals surface area contributed by atoms with E-state index in [0.29, 0.717) is 6.61 Å². The predicted octanol–water partition coefficient (Wildman–Crippen LogP) is 2.00. The van der Waals surface area contributed by atoms with Crippen LogP contribution in [0.5, 0.6) is 5.75 Å². The number of carbonyl (C=O) groups excluding carboxylic acids is 1. The van der Waals surface area contributed by atoms with Gasteiger partial charge in [0.2, 0.25) is 0 Å². The summed E-state index contributed by atoms with van der Waals surface area (Å²) in [5, 5.41) is 0. The van der Waals surface area contributed by atoms with Crippen molar-refractivity contribution in [2.45, 2.75) is 13.3 Å². The van der Waals surface area contributed by atoms with Crippen LogP contribution in [0.15, 0.2) is 18.2 Å². The third kappa shape index (κ3) is 2.67. The van der Waals surface area contributed by atoms with E-state index in [1.165, 1.54) is 0 Å². The summed E-state index contributed by atoms with van der Waals surface area (Å²) in [7, 11) is 4.02. The van der Waals surface area contributed by atoms with Crippen molar-refractivity contribution in [3.63, 3.8) is 0 Å². The van der Waals surface area contributed by atoms with Gasteiger partial charge in [-0.15, -0.1) is 0 Å². The third-order valence-corrected chi connectivity index (χ3v) is 3.13. The Labute approximate surface area is 102 Å². The smallest absolute Gasteiger partial charge is 0.166 e. The van der Waals surface area contributed by atoms with E-state index in [-0.39, 0.29) is 11.7 Å². The molecule has 0 saturated carbocycles. The lowest BCUT2D eigenvalue weighted by molar-refractivity contribution is 0.0946. The number of ketones is 1. The van der Waals surface area contributed by atoms with Crippen molar-refractivity contribution < 1.29 is 9.53 Å². The summed E-state index contributed by atoms with van der Waals surface area (Å²) in [5.41, 5.74) is 2.00. The first kappa shape index (κ1) is 12.1. The molecule has 1 aromatic carbocycles. The summed E-state index contributed by atoms with van der Waals surface area (Å²) in [6.45, 7) is 3.51. The molecule has 1 aliphatic rings. The molecule has 0 aliphatic heterocycles. The van der Waals surface area contributed by atoms with Crippen LogP contribution in [0.1, 0.15) is 22.8 Å². The minimum Gasteiger partial charge on any atom is -0.492 e. The molecule has 1 unspecified atom stereocenters. The molecule has 92 valence electrons. The fourth-order valence-corrected chi connectivity index (χ4v) is 2.09. The van der Waals surface area contributed by atoms with Crippen molar-refractivity contribution in [1.82, 2.24) is 4.90 Å². The van der Waals surface area contributed by atoms with E-state index in [2.05, 4.69) is 4.90 Å². The van der Waals surface area contributed by atoms with E-state index in [0.717, 1.165) is 29.8 Å². The van der Waals surface area contributed by atoms with Crippen molar-refractivity contribution in [3.8, 4) is 5.75 Å². The summed E-state index contributed by atoms with van der Waals surface area (Å²) < 4.78 is 5.63. The number of likely N-dealkylation sites (N-methyl/N-ethyl adjacent to an activating group) is 1. The highest BCUT2D eigenvalue weighted by atomic mass is 16.5. The molecule has 0 spiro atoms. The van der Waals surface area contributed by atoms with E-state index >= 15 is 0 Å². The van der Waals surface area contributed by atoms with Crippen LogP contribution >= 0.6 is 0 Å². The molecule has 0 heterocycles. The van der Waals surface area contributed by atoms with Crippen molar-refractivity contribution in [3.05, 3.63) is 29.3 Å². The summed E-state index contributed by atoms with van der Waals surface area (Å²) in [6.07, 6.45) is 0.867. The minimum atomic E-state index is 0.127. The Morgan fingerprint density at radius 1 is 1.41 bits per heavy atom. The van der Waals surface area contributed by atoms with Crippen molar-refractivity contribution in [2.24, 2.45) is 5.92 Å². The van der Waals surface area contributed by atoms with E-state index in [4.69, 9.17) is 4.74 Å². The minimum absolute atomic E-state index is 0.127. The Morgan fingerprint density at radius 3 is 2.88 bits per heavy atom. The van der Waals surface area contributed by atoms with E-state index in [9.17, 15) is 4.79 Å². The number of rotatable bonds is 4. The van der Waals surface area contributed by atoms with Crippen molar-refractivity contribution in [1.29, 1.82) is 0 Å². The highest BCUT2D eigenvalue weighted by Gasteiger charge is 2.26. The summed E-state index contributed by atoms with van der Waals surface area (Å²) in [5.74, 6) is 1.17. The Kier molecular flexibility index (Phi) is 3.48. The number of fused-ring (bicyclic) bond motifs is 1. The maximum atomic E-state index is 11.9. The molecule has 17 heavy (non-hydrogen) atoms. The lowest BCUT2D eigenvalue weighted by Gasteiger charge is -2.11. The fraction of sp³-hybridized carbons (Fsp3) is 0.500. The number of benzene rings is 1. The maximum Gasteiger partial charge on any atom is 0.166 e. The molecule has 3 nitrogen and oxygen atoms in total. The quantitative estimate of drug-likeness (QED) is 0.796. The monoisotopic (exact) mass is 233 g/mol. The van der Waals surface area contributed by atoms with Gasteiger partial charge in [0.1, 0.15) is 12.4 Å². The number of hydrogen-bond acceptors (Lipinski definition) is 3. The summed E-state index contributed by atoms with van der Waals surface area (Å²) >= 11 is 0. The summed E-state index contributed by atoms with van der Waals surface area (Å²) in [6, 6.07) is 5.86. The van der Waals surface area contributed by atoms with Crippen molar-refractivity contribution in [2.75, 3.05) is 27.2 Å². The first-order chi connectivity index (χ1) is 8.08. The molecule has 0 fully saturated rings. The normalized spacial score (nSPS) is 18.6. The van der Waals surface area contributed by atoms with Crippen LogP contribution in [0.3, 0.4) is 0 Å². The van der Waals surface area contributed by atoms with Crippen LogP contribution in [0.4, 0.5) is 0 Å². The molecule has 3 heteroatoms. The van der Waals surface area contributed by atoms with Gasteiger partial charge in [0.25, 0.3) is 0 Å². The van der Waals surface area contributed by atoms with Gasteiger partial charge >= 0.3 is 0 Å². The number of ether oxygens (including phenoxy) is 1. The zero-order chi connectivity index (χ0) is 12.4. The topological polar surface area (TPSA) is 29.5 Å². The van der Waals surface area contributed by atoms with Crippen LogP contribution in [0, 0.1) is 5.92 Å². The second-order valence-corrected chi connectivity index (χ2v) is 4.94. The molecule has 0 amide bonds. The zero-order valence-electron chi connectivity index (χ0n) is 10.7. The predicted molar refractivity (Wildman–Crippen MR) is 67.7 cm³/mol. The van der Waals surface area contributed by atoms with Crippen LogP contribution in [0.25, 0.3) is 0 Å². The molecule has 0 aromatic heterocycles. The van der Waals surface area contributed by atoms with Gasteiger partial charge in [-0.2, -0.15) is 0 Å². The molecule has 0 bridgehead atoms. The number of Topliss-reactive ketones (excluding diaryl/α,β-unsaturated/α-hetero) is 1. The molecule has 0 radical (unpaired) electrons. The standard InChI is InChI=1S/C14H19NO2/c1-10-8-11-4-5-12(9-13(11)14(10)16)17-7-6-15(2)3/h4-5,9-10H,6-8H2,1-3H3. The molecular formula is C14H19NO2. The fourth-order valence-electron chi connectivity index (χ4n) is 2.09. The van der Waals surface area contributed by atoms with Gasteiger partial charge in [-0.1, -0.05) is 13.0 Å². The first-order valence-electron chi connectivity index (χ1n) is 6.02. The van der Waals surface area contributed by atoms with Crippen LogP contribution in [0.2, 0.25) is 0 Å². The largest absolute Gasteiger partial charge is 0.492 e. The molecule has 1 aliphatic carbocycles. The maximum absolute atomic E-state index is 11.9. The van der Waals surface area contributed by atoms with Gasteiger partial charge in [0.15, 0.2) is 5.78 Å². The molecule has 0 saturated heterocycles. The Morgan fingerprint density at radius 2 is 2.18 bits per heavy atom. The first-order valence-corrected chi connectivity index (χ1v) is 6.02. The zero-order valence-corrected chi connectivity index (χ0v) is 10.7.